The number of benzene rings is 1. The van der Waals surface area contributed by atoms with Crippen molar-refractivity contribution in [2.75, 3.05) is 6.79 Å². The highest BCUT2D eigenvalue weighted by Crippen LogP contribution is 2.32. The number of aromatic nitrogens is 3. The van der Waals surface area contributed by atoms with Crippen molar-refractivity contribution >= 4 is 45.6 Å². The van der Waals surface area contributed by atoms with Gasteiger partial charge in [0.2, 0.25) is 6.79 Å². The first-order valence-electron chi connectivity index (χ1n) is 10.5. The standard InChI is InChI=1S/C24H21N3O5S2/c1-24(2,3)19(28)11-21-27(12-15-10-20(29)26-6-7-33-23(26)25-15)22(30)18(34-21)9-14-4-5-16-17(8-14)32-13-31-16/h4-11H,12-13H2,1-3H3. The van der Waals surface area contributed by atoms with Crippen LogP contribution in [0.3, 0.4) is 0 Å². The number of hydrogen-bond acceptors (Lipinski definition) is 8. The van der Waals surface area contributed by atoms with Gasteiger partial charge < -0.3 is 9.47 Å². The fourth-order valence-electron chi connectivity index (χ4n) is 3.41. The average molecular weight is 496 g/mol. The lowest BCUT2D eigenvalue weighted by Crippen LogP contribution is -2.33. The number of nitrogens with zero attached hydrogens (tertiary/aromatic N) is 3. The molecule has 0 unspecified atom stereocenters. The Morgan fingerprint density at radius 2 is 1.97 bits per heavy atom. The summed E-state index contributed by atoms with van der Waals surface area (Å²) in [7, 11) is 0. The van der Waals surface area contributed by atoms with Crippen LogP contribution in [0.1, 0.15) is 32.0 Å². The summed E-state index contributed by atoms with van der Waals surface area (Å²) in [5.41, 5.74) is 0.162. The van der Waals surface area contributed by atoms with Gasteiger partial charge >= 0.3 is 0 Å². The third-order valence-corrected chi connectivity index (χ3v) is 7.12. The Balaban J connectivity index is 1.65. The van der Waals surface area contributed by atoms with Crippen molar-refractivity contribution in [3.8, 4) is 11.5 Å². The highest BCUT2D eigenvalue weighted by molar-refractivity contribution is 7.15. The van der Waals surface area contributed by atoms with E-state index in [4.69, 9.17) is 9.47 Å². The van der Waals surface area contributed by atoms with Gasteiger partial charge in [-0.1, -0.05) is 26.8 Å². The number of carbonyl (C=O) groups excluding carboxylic acids is 1. The molecule has 0 aliphatic carbocycles. The van der Waals surface area contributed by atoms with E-state index >= 15 is 0 Å². The summed E-state index contributed by atoms with van der Waals surface area (Å²) in [4.78, 5) is 43.7. The van der Waals surface area contributed by atoms with Crippen LogP contribution in [0, 0.1) is 5.41 Å². The highest BCUT2D eigenvalue weighted by Gasteiger charge is 2.20. The SMILES string of the molecule is CC(C)(C)C(=O)C=c1sc(=Cc2ccc3c(c2)OCO3)c(=O)n1Cc1cc(=O)n2ccsc2n1. The van der Waals surface area contributed by atoms with E-state index in [9.17, 15) is 14.4 Å². The predicted molar refractivity (Wildman–Crippen MR) is 131 cm³/mol. The zero-order valence-electron chi connectivity index (χ0n) is 18.7. The smallest absolute Gasteiger partial charge is 0.269 e. The molecule has 0 atom stereocenters. The molecular weight excluding hydrogens is 474 g/mol. The Morgan fingerprint density at radius 3 is 2.76 bits per heavy atom. The van der Waals surface area contributed by atoms with E-state index in [1.165, 1.54) is 43.8 Å². The molecule has 3 aromatic heterocycles. The average Bonchev–Trinajstić information content (AvgIpc) is 3.49. The van der Waals surface area contributed by atoms with Crippen LogP contribution in [0.4, 0.5) is 0 Å². The van der Waals surface area contributed by atoms with Gasteiger partial charge in [0.25, 0.3) is 11.1 Å². The summed E-state index contributed by atoms with van der Waals surface area (Å²) in [6, 6.07) is 6.86. The van der Waals surface area contributed by atoms with E-state index < -0.39 is 5.41 Å². The van der Waals surface area contributed by atoms with Gasteiger partial charge in [-0.05, 0) is 23.8 Å². The number of rotatable bonds is 4. The molecule has 8 nitrogen and oxygen atoms in total. The van der Waals surface area contributed by atoms with Crippen molar-refractivity contribution in [2.24, 2.45) is 5.41 Å². The minimum atomic E-state index is -0.598. The Bertz CT molecular complexity index is 1670. The van der Waals surface area contributed by atoms with Crippen LogP contribution >= 0.6 is 22.7 Å². The summed E-state index contributed by atoms with van der Waals surface area (Å²) in [6.07, 6.45) is 4.92. The highest BCUT2D eigenvalue weighted by atomic mass is 32.1. The van der Waals surface area contributed by atoms with E-state index in [0.29, 0.717) is 31.3 Å². The Kier molecular flexibility index (Phi) is 5.49. The molecule has 10 heteroatoms. The van der Waals surface area contributed by atoms with Crippen LogP contribution in [-0.4, -0.2) is 26.5 Å². The molecule has 1 aromatic carbocycles. The molecule has 0 saturated heterocycles. The van der Waals surface area contributed by atoms with Crippen molar-refractivity contribution in [3.05, 3.63) is 77.0 Å². The minimum absolute atomic E-state index is 0.0806. The Morgan fingerprint density at radius 1 is 1.18 bits per heavy atom. The maximum absolute atomic E-state index is 13.4. The van der Waals surface area contributed by atoms with Crippen LogP contribution in [0.5, 0.6) is 11.5 Å². The second-order valence-electron chi connectivity index (χ2n) is 8.85. The fourth-order valence-corrected chi connectivity index (χ4v) is 5.19. The van der Waals surface area contributed by atoms with Gasteiger partial charge in [-0.2, -0.15) is 0 Å². The fraction of sp³-hybridized carbons (Fsp3) is 0.250. The van der Waals surface area contributed by atoms with Crippen molar-refractivity contribution in [1.29, 1.82) is 0 Å². The van der Waals surface area contributed by atoms with E-state index in [1.807, 2.05) is 32.9 Å². The molecule has 1 aliphatic heterocycles. The van der Waals surface area contributed by atoms with Crippen LogP contribution in [-0.2, 0) is 11.3 Å². The van der Waals surface area contributed by atoms with Crippen molar-refractivity contribution in [1.82, 2.24) is 14.0 Å². The maximum Gasteiger partial charge on any atom is 0.269 e. The lowest BCUT2D eigenvalue weighted by molar-refractivity contribution is -0.120. The van der Waals surface area contributed by atoms with E-state index in [1.54, 1.807) is 23.7 Å². The normalized spacial score (nSPS) is 14.3. The van der Waals surface area contributed by atoms with E-state index in [-0.39, 0.29) is 30.2 Å². The zero-order chi connectivity index (χ0) is 24.0. The molecule has 1 aliphatic rings. The van der Waals surface area contributed by atoms with Gasteiger partial charge in [-0.15, -0.1) is 22.7 Å². The largest absolute Gasteiger partial charge is 0.454 e. The predicted octanol–water partition coefficient (Wildman–Crippen LogP) is 1.98. The van der Waals surface area contributed by atoms with Gasteiger partial charge in [-0.25, -0.2) is 4.98 Å². The summed E-state index contributed by atoms with van der Waals surface area (Å²) in [6.45, 7) is 5.73. The molecule has 0 radical (unpaired) electrons. The lowest BCUT2D eigenvalue weighted by Gasteiger charge is -2.12. The number of thiazole rings is 2. The van der Waals surface area contributed by atoms with Crippen molar-refractivity contribution < 1.29 is 14.3 Å². The molecule has 34 heavy (non-hydrogen) atoms. The molecular formula is C24H21N3O5S2. The number of Topliss-reactive ketones (excluding diaryl/α,β-unsaturated/α-hetero) is 1. The van der Waals surface area contributed by atoms with Crippen LogP contribution < -0.4 is 29.8 Å². The summed E-state index contributed by atoms with van der Waals surface area (Å²) in [5, 5.41) is 1.78. The topological polar surface area (TPSA) is 91.9 Å². The number of hydrogen-bond donors (Lipinski definition) is 0. The third-order valence-electron chi connectivity index (χ3n) is 5.30. The molecule has 0 spiro atoms. The van der Waals surface area contributed by atoms with Gasteiger partial charge in [0.05, 0.1) is 16.8 Å². The maximum atomic E-state index is 13.4. The number of carbonyl (C=O) groups is 1. The Labute approximate surface area is 201 Å². The molecule has 0 fully saturated rings. The molecule has 174 valence electrons. The number of fused-ring (bicyclic) bond motifs is 2. The monoisotopic (exact) mass is 495 g/mol. The van der Waals surface area contributed by atoms with E-state index in [2.05, 4.69) is 4.98 Å². The van der Waals surface area contributed by atoms with Crippen molar-refractivity contribution in [2.45, 2.75) is 27.3 Å². The first-order chi connectivity index (χ1) is 16.2. The van der Waals surface area contributed by atoms with Gasteiger partial charge in [0.15, 0.2) is 22.2 Å². The summed E-state index contributed by atoms with van der Waals surface area (Å²) >= 11 is 2.57. The molecule has 0 amide bonds. The van der Waals surface area contributed by atoms with Crippen LogP contribution in [0.15, 0.2) is 45.4 Å². The molecule has 0 bridgehead atoms. The van der Waals surface area contributed by atoms with Gasteiger partial charge in [0.1, 0.15) is 4.66 Å². The molecule has 5 rings (SSSR count). The van der Waals surface area contributed by atoms with Crippen molar-refractivity contribution in [3.63, 3.8) is 0 Å². The quantitative estimate of drug-likeness (QED) is 0.430. The summed E-state index contributed by atoms with van der Waals surface area (Å²) < 4.78 is 14.7. The molecule has 0 saturated carbocycles. The second-order valence-corrected chi connectivity index (χ2v) is 10.8. The van der Waals surface area contributed by atoms with E-state index in [0.717, 1.165) is 5.56 Å². The minimum Gasteiger partial charge on any atom is -0.454 e. The summed E-state index contributed by atoms with van der Waals surface area (Å²) in [5.74, 6) is 1.18. The number of ketones is 1. The van der Waals surface area contributed by atoms with Crippen LogP contribution in [0.25, 0.3) is 17.1 Å². The lowest BCUT2D eigenvalue weighted by atomic mass is 9.91. The second kappa shape index (κ2) is 8.37. The zero-order valence-corrected chi connectivity index (χ0v) is 20.4. The van der Waals surface area contributed by atoms with Gasteiger partial charge in [-0.3, -0.25) is 23.4 Å². The molecule has 4 aromatic rings. The number of ether oxygens (including phenoxy) is 2. The third kappa shape index (κ3) is 4.22. The first kappa shape index (κ1) is 22.3. The Hall–Kier alpha value is -3.50. The van der Waals surface area contributed by atoms with Gasteiger partial charge in [0, 0.05) is 29.1 Å². The molecule has 0 N–H and O–H groups in total. The van der Waals surface area contributed by atoms with Crippen LogP contribution in [0.2, 0.25) is 0 Å². The first-order valence-corrected chi connectivity index (χ1v) is 12.2. The molecule has 4 heterocycles.